The molecular weight excluding hydrogens is 374 g/mol. The highest BCUT2D eigenvalue weighted by molar-refractivity contribution is 6.17. The maximum Gasteiger partial charge on any atom is 0.0390 e. The highest BCUT2D eigenvalue weighted by atomic mass is 14.9. The molecule has 0 saturated heterocycles. The molecule has 1 nitrogen and oxygen atoms in total. The van der Waals surface area contributed by atoms with Crippen molar-refractivity contribution in [3.8, 4) is 11.1 Å². The molecule has 0 atom stereocenters. The molecule has 0 bridgehead atoms. The molecular formula is C30H21N. The summed E-state index contributed by atoms with van der Waals surface area (Å²) in [5.41, 5.74) is 4.65. The topological polar surface area (TPSA) is 12.0 Å². The second kappa shape index (κ2) is 7.30. The number of nitrogens with one attached hydrogen (secondary N) is 1. The molecule has 1 N–H and O–H groups in total. The summed E-state index contributed by atoms with van der Waals surface area (Å²) in [4.78, 5) is 0. The first-order valence-electron chi connectivity index (χ1n) is 10.6. The Morgan fingerprint density at radius 2 is 0.935 bits per heavy atom. The average Bonchev–Trinajstić information content (AvgIpc) is 2.84. The van der Waals surface area contributed by atoms with Crippen LogP contribution in [0.4, 0.5) is 11.4 Å². The summed E-state index contributed by atoms with van der Waals surface area (Å²) < 4.78 is 0. The van der Waals surface area contributed by atoms with Crippen LogP contribution in [-0.4, -0.2) is 0 Å². The van der Waals surface area contributed by atoms with E-state index in [2.05, 4.69) is 121 Å². The van der Waals surface area contributed by atoms with Crippen LogP contribution in [0.3, 0.4) is 0 Å². The van der Waals surface area contributed by atoms with Gasteiger partial charge in [0, 0.05) is 11.4 Å². The molecule has 31 heavy (non-hydrogen) atoms. The van der Waals surface area contributed by atoms with Gasteiger partial charge in [0.15, 0.2) is 0 Å². The molecule has 0 fully saturated rings. The van der Waals surface area contributed by atoms with Crippen molar-refractivity contribution < 1.29 is 0 Å². The Bertz CT molecular complexity index is 1530. The summed E-state index contributed by atoms with van der Waals surface area (Å²) in [5.74, 6) is 0. The molecule has 0 aliphatic rings. The molecule has 6 rings (SSSR count). The summed E-state index contributed by atoms with van der Waals surface area (Å²) >= 11 is 0. The summed E-state index contributed by atoms with van der Waals surface area (Å²) in [7, 11) is 0. The van der Waals surface area contributed by atoms with Gasteiger partial charge in [0.05, 0.1) is 0 Å². The zero-order valence-corrected chi connectivity index (χ0v) is 17.0. The lowest BCUT2D eigenvalue weighted by Gasteiger charge is -2.11. The van der Waals surface area contributed by atoms with E-state index in [1.807, 2.05) is 6.07 Å². The molecule has 0 radical (unpaired) electrons. The Morgan fingerprint density at radius 1 is 0.355 bits per heavy atom. The monoisotopic (exact) mass is 395 g/mol. The summed E-state index contributed by atoms with van der Waals surface area (Å²) in [6, 6.07) is 43.2. The van der Waals surface area contributed by atoms with Crippen LogP contribution in [-0.2, 0) is 0 Å². The van der Waals surface area contributed by atoms with Gasteiger partial charge in [-0.05, 0) is 67.7 Å². The van der Waals surface area contributed by atoms with Crippen LogP contribution in [0.2, 0.25) is 0 Å². The molecule has 1 heteroatoms. The average molecular weight is 396 g/mol. The normalized spacial score (nSPS) is 11.2. The van der Waals surface area contributed by atoms with Gasteiger partial charge in [0.25, 0.3) is 0 Å². The number of hydrogen-bond donors (Lipinski definition) is 1. The van der Waals surface area contributed by atoms with Crippen LogP contribution in [0.1, 0.15) is 0 Å². The lowest BCUT2D eigenvalue weighted by Crippen LogP contribution is -1.90. The van der Waals surface area contributed by atoms with E-state index in [0.29, 0.717) is 0 Å². The maximum absolute atomic E-state index is 3.55. The second-order valence-electron chi connectivity index (χ2n) is 7.95. The van der Waals surface area contributed by atoms with Crippen LogP contribution >= 0.6 is 0 Å². The second-order valence-corrected chi connectivity index (χ2v) is 7.95. The van der Waals surface area contributed by atoms with E-state index in [9.17, 15) is 0 Å². The lowest BCUT2D eigenvalue weighted by molar-refractivity contribution is 1.55. The van der Waals surface area contributed by atoms with Crippen molar-refractivity contribution in [1.82, 2.24) is 0 Å². The Hall–Kier alpha value is -4.10. The first kappa shape index (κ1) is 17.7. The largest absolute Gasteiger partial charge is 0.356 e. The molecule has 0 aromatic heterocycles. The van der Waals surface area contributed by atoms with Gasteiger partial charge in [-0.1, -0.05) is 97.1 Å². The fourth-order valence-electron chi connectivity index (χ4n) is 4.45. The Labute approximate surface area is 181 Å². The summed E-state index contributed by atoms with van der Waals surface area (Å²) in [6.07, 6.45) is 0. The molecule has 146 valence electrons. The molecule has 0 heterocycles. The van der Waals surface area contributed by atoms with Gasteiger partial charge in [-0.15, -0.1) is 0 Å². The Morgan fingerprint density at radius 3 is 1.74 bits per heavy atom. The molecule has 0 spiro atoms. The molecule has 6 aromatic rings. The first-order chi connectivity index (χ1) is 15.3. The predicted molar refractivity (Wildman–Crippen MR) is 134 cm³/mol. The fourth-order valence-corrected chi connectivity index (χ4v) is 4.45. The highest BCUT2D eigenvalue weighted by Crippen LogP contribution is 2.33. The SMILES string of the molecule is c1ccc(-c2ccc(Nc3ccc4c(ccc5c6ccccc6ccc45)c3)cc2)cc1. The van der Waals surface area contributed by atoms with Gasteiger partial charge in [-0.25, -0.2) is 0 Å². The van der Waals surface area contributed by atoms with E-state index >= 15 is 0 Å². The van der Waals surface area contributed by atoms with E-state index in [4.69, 9.17) is 0 Å². The maximum atomic E-state index is 3.55. The quantitative estimate of drug-likeness (QED) is 0.296. The fraction of sp³-hybridized carbons (Fsp3) is 0. The van der Waals surface area contributed by atoms with Crippen LogP contribution in [0.5, 0.6) is 0 Å². The molecule has 0 aliphatic carbocycles. The third-order valence-corrected chi connectivity index (χ3v) is 6.02. The predicted octanol–water partition coefficient (Wildman–Crippen LogP) is 8.56. The molecule has 0 aliphatic heterocycles. The molecule has 0 saturated carbocycles. The minimum atomic E-state index is 1.09. The molecule has 0 unspecified atom stereocenters. The first-order valence-corrected chi connectivity index (χ1v) is 10.6. The van der Waals surface area contributed by atoms with Gasteiger partial charge >= 0.3 is 0 Å². The van der Waals surface area contributed by atoms with E-state index in [1.54, 1.807) is 0 Å². The minimum absolute atomic E-state index is 1.09. The standard InChI is InChI=1S/C30H21N/c1-2-6-21(7-3-1)22-10-14-25(15-11-22)31-26-16-19-28-24(20-26)13-18-29-27-9-5-4-8-23(27)12-17-30(28)29/h1-20,31H. The van der Waals surface area contributed by atoms with E-state index < -0.39 is 0 Å². The minimum Gasteiger partial charge on any atom is -0.356 e. The van der Waals surface area contributed by atoms with Crippen molar-refractivity contribution in [1.29, 1.82) is 0 Å². The van der Waals surface area contributed by atoms with Crippen LogP contribution < -0.4 is 5.32 Å². The number of hydrogen-bond acceptors (Lipinski definition) is 1. The van der Waals surface area contributed by atoms with Crippen molar-refractivity contribution in [2.75, 3.05) is 5.32 Å². The third-order valence-electron chi connectivity index (χ3n) is 6.02. The number of rotatable bonds is 3. The van der Waals surface area contributed by atoms with E-state index in [1.165, 1.54) is 43.4 Å². The van der Waals surface area contributed by atoms with Crippen molar-refractivity contribution in [3.63, 3.8) is 0 Å². The van der Waals surface area contributed by atoms with Gasteiger partial charge < -0.3 is 5.32 Å². The lowest BCUT2D eigenvalue weighted by atomic mass is 9.97. The van der Waals surface area contributed by atoms with E-state index in [-0.39, 0.29) is 0 Å². The number of anilines is 2. The third kappa shape index (κ3) is 3.21. The van der Waals surface area contributed by atoms with Gasteiger partial charge in [0.2, 0.25) is 0 Å². The number of benzene rings is 6. The van der Waals surface area contributed by atoms with Gasteiger partial charge in [-0.2, -0.15) is 0 Å². The van der Waals surface area contributed by atoms with Crippen molar-refractivity contribution in [3.05, 3.63) is 121 Å². The molecule has 6 aromatic carbocycles. The van der Waals surface area contributed by atoms with Crippen LogP contribution in [0, 0.1) is 0 Å². The van der Waals surface area contributed by atoms with Gasteiger partial charge in [-0.3, -0.25) is 0 Å². The Balaban J connectivity index is 1.35. The van der Waals surface area contributed by atoms with E-state index in [0.717, 1.165) is 11.4 Å². The van der Waals surface area contributed by atoms with Crippen LogP contribution in [0.25, 0.3) is 43.4 Å². The summed E-state index contributed by atoms with van der Waals surface area (Å²) in [5, 5.41) is 11.3. The zero-order chi connectivity index (χ0) is 20.6. The molecule has 0 amide bonds. The number of fused-ring (bicyclic) bond motifs is 5. The summed E-state index contributed by atoms with van der Waals surface area (Å²) in [6.45, 7) is 0. The Kier molecular flexibility index (Phi) is 4.18. The van der Waals surface area contributed by atoms with Crippen LogP contribution in [0.15, 0.2) is 121 Å². The van der Waals surface area contributed by atoms with Crippen molar-refractivity contribution >= 4 is 43.7 Å². The smallest absolute Gasteiger partial charge is 0.0390 e. The van der Waals surface area contributed by atoms with Crippen molar-refractivity contribution in [2.24, 2.45) is 0 Å². The zero-order valence-electron chi connectivity index (χ0n) is 17.0. The van der Waals surface area contributed by atoms with Gasteiger partial charge in [0.1, 0.15) is 0 Å². The van der Waals surface area contributed by atoms with Crippen molar-refractivity contribution in [2.45, 2.75) is 0 Å². The highest BCUT2D eigenvalue weighted by Gasteiger charge is 2.06.